The van der Waals surface area contributed by atoms with E-state index in [9.17, 15) is 37.6 Å². The molecule has 16 heterocycles. The van der Waals surface area contributed by atoms with Gasteiger partial charge < -0.3 is 71.7 Å². The van der Waals surface area contributed by atoms with Gasteiger partial charge in [0.25, 0.3) is 20.0 Å². The van der Waals surface area contributed by atoms with Crippen LogP contribution in [0.25, 0.3) is 67.1 Å². The van der Waals surface area contributed by atoms with Gasteiger partial charge in [-0.25, -0.2) is 55.9 Å². The molecule has 8 unspecified atom stereocenters. The van der Waals surface area contributed by atoms with Crippen molar-refractivity contribution in [1.82, 2.24) is 78.3 Å². The van der Waals surface area contributed by atoms with Gasteiger partial charge in [0.15, 0.2) is 55.7 Å². The molecule has 4 spiro atoms. The highest BCUT2D eigenvalue weighted by molar-refractivity contribution is 7.89. The molecule has 4 aromatic carbocycles. The van der Waals surface area contributed by atoms with E-state index in [0.717, 1.165) is 64.5 Å². The van der Waals surface area contributed by atoms with Crippen molar-refractivity contribution >= 4 is 159 Å². The lowest BCUT2D eigenvalue weighted by Gasteiger charge is -2.41. The molecular weight excluding hydrogens is 1910 g/mol. The van der Waals surface area contributed by atoms with Gasteiger partial charge in [0.05, 0.1) is 113 Å². The van der Waals surface area contributed by atoms with Crippen molar-refractivity contribution in [1.29, 1.82) is 10.5 Å². The van der Waals surface area contributed by atoms with Gasteiger partial charge in [-0.1, -0.05) is 141 Å². The summed E-state index contributed by atoms with van der Waals surface area (Å²) in [6.45, 7) is 14.9. The first-order chi connectivity index (χ1) is 63.0. The van der Waals surface area contributed by atoms with Crippen LogP contribution in [0.15, 0.2) is 95.5 Å². The van der Waals surface area contributed by atoms with Crippen molar-refractivity contribution in [3.05, 3.63) is 149 Å². The number of hydrogen-bond donors (Lipinski definition) is 8. The number of aliphatic hydroxyl groups is 2. The number of benzene rings is 4. The number of hydrogen-bond acceptors (Lipinski definition) is 32. The predicted octanol–water partition coefficient (Wildman–Crippen LogP) is 9.75. The van der Waals surface area contributed by atoms with Crippen LogP contribution in [0.5, 0.6) is 0 Å². The molecule has 0 amide bonds. The highest BCUT2D eigenvalue weighted by atomic mass is 35.5. The Morgan fingerprint density at radius 1 is 0.402 bits per heavy atom. The molecule has 0 saturated carbocycles. The molecule has 8 saturated heterocycles. The van der Waals surface area contributed by atoms with Crippen LogP contribution in [0.1, 0.15) is 102 Å². The van der Waals surface area contributed by atoms with Gasteiger partial charge in [-0.3, -0.25) is 0 Å². The van der Waals surface area contributed by atoms with E-state index in [2.05, 4.69) is 77.5 Å². The number of aromatic nitrogens is 16. The van der Waals surface area contributed by atoms with Crippen LogP contribution in [-0.4, -0.2) is 233 Å². The van der Waals surface area contributed by atoms with E-state index in [1.807, 2.05) is 37.5 Å². The van der Waals surface area contributed by atoms with Crippen LogP contribution in [0.3, 0.4) is 0 Å². The van der Waals surface area contributed by atoms with E-state index in [1.54, 1.807) is 81.7 Å². The summed E-state index contributed by atoms with van der Waals surface area (Å²) in [6.07, 6.45) is 9.34. The number of nitriles is 2. The molecule has 14 N–H and O–H groups in total. The number of rotatable bonds is 12. The lowest BCUT2D eigenvalue weighted by molar-refractivity contribution is 0.0972. The molecule has 48 heteroatoms. The van der Waals surface area contributed by atoms with Crippen molar-refractivity contribution in [2.45, 2.75) is 151 Å². The second-order valence-corrected chi connectivity index (χ2v) is 40.7. The Morgan fingerprint density at radius 2 is 0.667 bits per heavy atom. The molecule has 0 bridgehead atoms. The molecule has 0 radical (unpaired) electrons. The van der Waals surface area contributed by atoms with Gasteiger partial charge in [-0.15, -0.1) is 20.4 Å². The number of nitrogens with zero attached hydrogens (tertiary/aromatic N) is 22. The summed E-state index contributed by atoms with van der Waals surface area (Å²) in [5.41, 5.74) is 30.1. The van der Waals surface area contributed by atoms with Crippen LogP contribution in [0, 0.1) is 44.3 Å². The van der Waals surface area contributed by atoms with E-state index in [0.29, 0.717) is 149 Å². The van der Waals surface area contributed by atoms with Gasteiger partial charge in [0.1, 0.15) is 38.0 Å². The van der Waals surface area contributed by atoms with Crippen molar-refractivity contribution in [2.75, 3.05) is 98.4 Å². The SMILES string of the molecule is CC1OCC2(CCN(c3nc(C#N)c(-c4cccc(Cl)c4Cl)c4ncnn34)CC2)C1N.CC1OCC2(CCN(c3nc(C#N)c(-c4cccc(Cl)c4Cl)c4nnc(CO)n34)CC2)C1N.CC1OCC2(CCN(c3nc(S(N)(=O)=O)c(-c4cccc(Cl)c4Cl)c4ncnn34)CC2)C1N.CC1OCC2(CCN(c3nc(S(N)(=O)=O)c(-c4cccc(Cl)c4Cl)c4nnc(CO)n34)CC2)C1N. The zero-order valence-electron chi connectivity index (χ0n) is 71.6. The molecule has 8 aliphatic rings. The summed E-state index contributed by atoms with van der Waals surface area (Å²) in [5.74, 6) is 2.21. The molecule has 696 valence electrons. The summed E-state index contributed by atoms with van der Waals surface area (Å²) in [6, 6.07) is 24.4. The number of piperidine rings is 4. The highest BCUT2D eigenvalue weighted by Gasteiger charge is 2.53. The van der Waals surface area contributed by atoms with Gasteiger partial charge in [0.2, 0.25) is 23.8 Å². The van der Waals surface area contributed by atoms with Gasteiger partial charge >= 0.3 is 0 Å². The average Bonchev–Trinajstić information content (AvgIpc) is 1.45. The van der Waals surface area contributed by atoms with Crippen molar-refractivity contribution in [3.8, 4) is 56.6 Å². The van der Waals surface area contributed by atoms with Gasteiger partial charge in [-0.05, 0) is 103 Å². The molecule has 8 fully saturated rings. The quantitative estimate of drug-likeness (QED) is 0.0527. The van der Waals surface area contributed by atoms with Crippen LogP contribution >= 0.6 is 92.8 Å². The van der Waals surface area contributed by atoms with Crippen molar-refractivity contribution in [3.63, 3.8) is 0 Å². The Labute approximate surface area is 797 Å². The molecule has 12 aromatic rings. The van der Waals surface area contributed by atoms with E-state index >= 15 is 0 Å². The van der Waals surface area contributed by atoms with Gasteiger partial charge in [-0.2, -0.15) is 39.7 Å². The molecule has 20 rings (SSSR count). The van der Waals surface area contributed by atoms with E-state index in [-0.39, 0.29) is 153 Å². The second kappa shape index (κ2) is 37.2. The lowest BCUT2D eigenvalue weighted by Crippen LogP contribution is -2.51. The number of halogens is 8. The standard InChI is InChI=1S/C22H23Cl2N7O2.C21H25Cl2N7O4S.C21H21Cl2N7O.C20H23Cl2N7O3S/c1-12-19(26)22(11-33-12)5-7-30(8-6-22)21-27-15(9-25)17(13-3-2-4-14(23)18(13)24)20-29-28-16(10-32)31(20)21;1-11-17(24)21(10-34-11)5-7-29(8-6-21)20-26-19(35(25,32)33)15(12-3-2-4-13(22)16(12)23)18-28-27-14(9-31)30(18)20;1-12-18(25)21(10-31-12)5-7-29(8-6-21)20-28-15(9-24)16(19-26-11-27-30(19)20)13-3-2-4-14(22)17(13)23;1-11-16(23)20(9-32-11)5-7-28(8-6-20)19-27-18(33(24,30)31)14(17-25-10-26-29(17)19)12-3-2-4-13(21)15(12)22/h2-4,12,19,32H,5-8,10-11,26H2,1H3;2-4,11,17,31H,5-10,24H2,1H3,(H2,25,32,33);2-4,11-12,18H,5-8,10,25H2,1H3;2-4,10-11,16H,5-9,23H2,1H3,(H2,24,30,31). The molecule has 38 nitrogen and oxygen atoms in total. The van der Waals surface area contributed by atoms with Crippen molar-refractivity contribution in [2.24, 2.45) is 54.9 Å². The minimum Gasteiger partial charge on any atom is -0.388 e. The number of anilines is 4. The minimum absolute atomic E-state index is 0.00686. The maximum absolute atomic E-state index is 12.7. The van der Waals surface area contributed by atoms with Gasteiger partial charge in [0, 0.05) is 120 Å². The Bertz CT molecular complexity index is 6810. The fourth-order valence-electron chi connectivity index (χ4n) is 19.6. The maximum atomic E-state index is 12.7. The lowest BCUT2D eigenvalue weighted by atomic mass is 9.73. The summed E-state index contributed by atoms with van der Waals surface area (Å²) in [5, 5.41) is 77.8. The van der Waals surface area contributed by atoms with E-state index in [4.69, 9.17) is 150 Å². The minimum atomic E-state index is -4.32. The van der Waals surface area contributed by atoms with E-state index < -0.39 is 31.7 Å². The zero-order chi connectivity index (χ0) is 93.7. The van der Waals surface area contributed by atoms with Crippen LogP contribution < -0.4 is 52.8 Å². The summed E-state index contributed by atoms with van der Waals surface area (Å²) >= 11 is 50.6. The van der Waals surface area contributed by atoms with Crippen LogP contribution in [0.2, 0.25) is 40.2 Å². The largest absolute Gasteiger partial charge is 0.388 e. The summed E-state index contributed by atoms with van der Waals surface area (Å²) in [7, 11) is -8.56. The Balaban J connectivity index is 0.000000123. The Morgan fingerprint density at radius 3 is 0.970 bits per heavy atom. The first kappa shape index (κ1) is 94.8. The molecule has 8 aliphatic heterocycles. The number of fused-ring (bicyclic) bond motifs is 4. The number of ether oxygens (including phenoxy) is 4. The normalized spacial score (nSPS) is 22.6. The number of aliphatic hydroxyl groups excluding tert-OH is 2. The monoisotopic (exact) mass is 2000 g/mol. The third-order valence-corrected chi connectivity index (χ3v) is 32.4. The topological polar surface area (TPSA) is 535 Å². The first-order valence-corrected chi connectivity index (χ1v) is 48.5. The van der Waals surface area contributed by atoms with Crippen molar-refractivity contribution < 1.29 is 46.0 Å². The Hall–Kier alpha value is -9.00. The number of primary sulfonamides is 2. The molecule has 8 aromatic heterocycles. The smallest absolute Gasteiger partial charge is 0.256 e. The number of sulfonamides is 2. The summed E-state index contributed by atoms with van der Waals surface area (Å²) < 4.78 is 80.4. The molecule has 0 aliphatic carbocycles. The fourth-order valence-corrected chi connectivity index (χ4v) is 22.5. The third-order valence-electron chi connectivity index (χ3n) is 27.4. The first-order valence-electron chi connectivity index (χ1n) is 42.4. The fraction of sp³-hybridized carbons (Fsp3) is 0.452. The average molecular weight is 2000 g/mol. The summed E-state index contributed by atoms with van der Waals surface area (Å²) in [4.78, 5) is 35.2. The Kier molecular flexibility index (Phi) is 26.7. The van der Waals surface area contributed by atoms with E-state index in [1.165, 1.54) is 21.6 Å². The third kappa shape index (κ3) is 16.9. The maximum Gasteiger partial charge on any atom is 0.256 e. The highest BCUT2D eigenvalue weighted by Crippen LogP contribution is 2.50. The zero-order valence-corrected chi connectivity index (χ0v) is 79.2. The molecule has 132 heavy (non-hydrogen) atoms. The van der Waals surface area contributed by atoms with Crippen LogP contribution in [0.4, 0.5) is 23.8 Å². The second-order valence-electron chi connectivity index (χ2n) is 34.6. The molecule has 8 atom stereocenters. The number of nitrogens with two attached hydrogens (primary N) is 6. The van der Waals surface area contributed by atoms with Crippen LogP contribution in [-0.2, 0) is 52.2 Å². The predicted molar refractivity (Wildman–Crippen MR) is 498 cm³/mol. The molecular formula is C84H92Cl8N28O10S2.